The van der Waals surface area contributed by atoms with Crippen molar-refractivity contribution in [3.63, 3.8) is 0 Å². The van der Waals surface area contributed by atoms with E-state index in [4.69, 9.17) is 0 Å². The van der Waals surface area contributed by atoms with Crippen molar-refractivity contribution in [2.45, 2.75) is 13.0 Å². The molecular weight excluding hydrogens is 360 g/mol. The fourth-order valence-electron chi connectivity index (χ4n) is 3.53. The quantitative estimate of drug-likeness (QED) is 0.597. The van der Waals surface area contributed by atoms with Crippen LogP contribution in [-0.4, -0.2) is 64.1 Å². The van der Waals surface area contributed by atoms with Gasteiger partial charge in [-0.3, -0.25) is 19.4 Å². The highest BCUT2D eigenvalue weighted by Crippen LogP contribution is 2.28. The van der Waals surface area contributed by atoms with Gasteiger partial charge in [0, 0.05) is 31.0 Å². The van der Waals surface area contributed by atoms with Crippen LogP contribution >= 0.6 is 0 Å². The predicted molar refractivity (Wildman–Crippen MR) is 100.0 cm³/mol. The molecule has 0 N–H and O–H groups in total. The van der Waals surface area contributed by atoms with E-state index >= 15 is 0 Å². The van der Waals surface area contributed by atoms with Crippen LogP contribution in [-0.2, 0) is 4.79 Å². The second kappa shape index (κ2) is 6.88. The number of Topliss-reactive ketones (excluding diaryl/α,β-unsaturated/α-hetero) is 1. The first-order valence-electron chi connectivity index (χ1n) is 8.92. The molecule has 3 heterocycles. The van der Waals surface area contributed by atoms with E-state index < -0.39 is 12.1 Å². The third kappa shape index (κ3) is 2.92. The Labute approximate surface area is 161 Å². The van der Waals surface area contributed by atoms with Crippen molar-refractivity contribution in [3.8, 4) is 0 Å². The zero-order chi connectivity index (χ0) is 19.8. The van der Waals surface area contributed by atoms with Crippen LogP contribution in [0.4, 0.5) is 10.5 Å². The van der Waals surface area contributed by atoms with E-state index in [2.05, 4.69) is 4.98 Å². The standard InChI is InChI=1S/C20H18N4O4/c1-13(25)14-4-6-16(7-5-14)24-19(27)17-12-22(9-10-23(17)20(24)28)18(26)15-3-2-8-21-11-15/h2-8,11,17H,9-10,12H2,1H3. The number of carbonyl (C=O) groups is 4. The number of carbonyl (C=O) groups excluding carboxylic acids is 4. The van der Waals surface area contributed by atoms with Gasteiger partial charge in [0.15, 0.2) is 5.78 Å². The highest BCUT2D eigenvalue weighted by molar-refractivity contribution is 6.21. The Kier molecular flexibility index (Phi) is 4.38. The number of amides is 4. The van der Waals surface area contributed by atoms with Gasteiger partial charge >= 0.3 is 6.03 Å². The SMILES string of the molecule is CC(=O)c1ccc(N2C(=O)C3CN(C(=O)c4cccnc4)CCN3C2=O)cc1. The van der Waals surface area contributed by atoms with Crippen molar-refractivity contribution in [3.05, 3.63) is 59.9 Å². The zero-order valence-corrected chi connectivity index (χ0v) is 15.2. The summed E-state index contributed by atoms with van der Waals surface area (Å²) in [7, 11) is 0. The van der Waals surface area contributed by atoms with Crippen molar-refractivity contribution >= 4 is 29.3 Å². The molecule has 8 heteroatoms. The smallest absolute Gasteiger partial charge is 0.332 e. The fraction of sp³-hybridized carbons (Fsp3) is 0.250. The van der Waals surface area contributed by atoms with Gasteiger partial charge in [-0.25, -0.2) is 9.69 Å². The molecule has 4 amide bonds. The molecule has 0 radical (unpaired) electrons. The molecule has 142 valence electrons. The Morgan fingerprint density at radius 1 is 1.04 bits per heavy atom. The topological polar surface area (TPSA) is 90.9 Å². The summed E-state index contributed by atoms with van der Waals surface area (Å²) in [5.74, 6) is -0.672. The number of hydrogen-bond acceptors (Lipinski definition) is 5. The Bertz CT molecular complexity index is 958. The van der Waals surface area contributed by atoms with Gasteiger partial charge in [-0.1, -0.05) is 0 Å². The number of rotatable bonds is 3. The molecule has 4 rings (SSSR count). The summed E-state index contributed by atoms with van der Waals surface area (Å²) in [5, 5.41) is 0. The minimum atomic E-state index is -0.714. The first kappa shape index (κ1) is 17.8. The second-order valence-corrected chi connectivity index (χ2v) is 6.76. The maximum Gasteiger partial charge on any atom is 0.332 e. The first-order chi connectivity index (χ1) is 13.5. The average Bonchev–Trinajstić information content (AvgIpc) is 2.98. The van der Waals surface area contributed by atoms with Gasteiger partial charge in [0.25, 0.3) is 11.8 Å². The van der Waals surface area contributed by atoms with Crippen LogP contribution in [0.15, 0.2) is 48.8 Å². The molecule has 28 heavy (non-hydrogen) atoms. The van der Waals surface area contributed by atoms with Crippen LogP contribution in [0.25, 0.3) is 0 Å². The van der Waals surface area contributed by atoms with E-state index in [0.29, 0.717) is 23.4 Å². The van der Waals surface area contributed by atoms with Gasteiger partial charge in [0.2, 0.25) is 0 Å². The van der Waals surface area contributed by atoms with E-state index in [1.807, 2.05) is 0 Å². The van der Waals surface area contributed by atoms with Crippen LogP contribution in [0.2, 0.25) is 0 Å². The fourth-order valence-corrected chi connectivity index (χ4v) is 3.53. The number of anilines is 1. The summed E-state index contributed by atoms with van der Waals surface area (Å²) in [4.78, 5) is 57.9. The minimum Gasteiger partial charge on any atom is -0.334 e. The Morgan fingerprint density at radius 2 is 1.79 bits per heavy atom. The molecule has 2 saturated heterocycles. The molecule has 1 unspecified atom stereocenters. The van der Waals surface area contributed by atoms with E-state index in [1.165, 1.54) is 18.0 Å². The predicted octanol–water partition coefficient (Wildman–Crippen LogP) is 1.58. The lowest BCUT2D eigenvalue weighted by Crippen LogP contribution is -2.54. The Balaban J connectivity index is 1.55. The number of imide groups is 1. The van der Waals surface area contributed by atoms with Gasteiger partial charge in [-0.2, -0.15) is 0 Å². The number of pyridine rings is 1. The lowest BCUT2D eigenvalue weighted by molar-refractivity contribution is -0.120. The van der Waals surface area contributed by atoms with Gasteiger partial charge in [-0.05, 0) is 43.3 Å². The maximum atomic E-state index is 12.9. The van der Waals surface area contributed by atoms with E-state index in [-0.39, 0.29) is 30.7 Å². The van der Waals surface area contributed by atoms with Crippen LogP contribution in [0.1, 0.15) is 27.6 Å². The highest BCUT2D eigenvalue weighted by Gasteiger charge is 2.49. The summed E-state index contributed by atoms with van der Waals surface area (Å²) in [6, 6.07) is 8.59. The number of urea groups is 1. The Hall–Kier alpha value is -3.55. The van der Waals surface area contributed by atoms with E-state index in [0.717, 1.165) is 4.90 Å². The molecule has 2 aromatic rings. The third-order valence-corrected chi connectivity index (χ3v) is 5.05. The van der Waals surface area contributed by atoms with Crippen molar-refractivity contribution in [1.82, 2.24) is 14.8 Å². The van der Waals surface area contributed by atoms with E-state index in [1.54, 1.807) is 47.5 Å². The summed E-state index contributed by atoms with van der Waals surface area (Å²) in [6.07, 6.45) is 3.07. The highest BCUT2D eigenvalue weighted by atomic mass is 16.2. The Morgan fingerprint density at radius 3 is 2.43 bits per heavy atom. The molecule has 2 aliphatic rings. The average molecular weight is 378 g/mol. The van der Waals surface area contributed by atoms with Crippen molar-refractivity contribution in [2.24, 2.45) is 0 Å². The summed E-state index contributed by atoms with van der Waals surface area (Å²) in [6.45, 7) is 2.22. The molecule has 0 saturated carbocycles. The minimum absolute atomic E-state index is 0.0902. The van der Waals surface area contributed by atoms with Gasteiger partial charge in [0.05, 0.1) is 17.8 Å². The van der Waals surface area contributed by atoms with Crippen molar-refractivity contribution < 1.29 is 19.2 Å². The molecule has 1 atom stereocenters. The second-order valence-electron chi connectivity index (χ2n) is 6.76. The number of hydrogen-bond donors (Lipinski definition) is 0. The monoisotopic (exact) mass is 378 g/mol. The molecule has 1 aromatic carbocycles. The van der Waals surface area contributed by atoms with Gasteiger partial charge in [-0.15, -0.1) is 0 Å². The van der Waals surface area contributed by atoms with Crippen LogP contribution in [0.5, 0.6) is 0 Å². The van der Waals surface area contributed by atoms with Gasteiger partial charge < -0.3 is 9.80 Å². The normalized spacial score (nSPS) is 19.0. The van der Waals surface area contributed by atoms with Crippen molar-refractivity contribution in [1.29, 1.82) is 0 Å². The lowest BCUT2D eigenvalue weighted by atomic mass is 10.1. The lowest BCUT2D eigenvalue weighted by Gasteiger charge is -2.35. The zero-order valence-electron chi connectivity index (χ0n) is 15.2. The molecule has 1 aromatic heterocycles. The number of ketones is 1. The number of aromatic nitrogens is 1. The molecule has 0 aliphatic carbocycles. The maximum absolute atomic E-state index is 12.9. The molecule has 8 nitrogen and oxygen atoms in total. The molecule has 0 spiro atoms. The molecule has 2 aliphatic heterocycles. The van der Waals surface area contributed by atoms with E-state index in [9.17, 15) is 19.2 Å². The summed E-state index contributed by atoms with van der Waals surface area (Å²) < 4.78 is 0. The molecule has 2 fully saturated rings. The first-order valence-corrected chi connectivity index (χ1v) is 8.92. The molecular formula is C20H18N4O4. The van der Waals surface area contributed by atoms with Crippen molar-refractivity contribution in [2.75, 3.05) is 24.5 Å². The van der Waals surface area contributed by atoms with Crippen LogP contribution in [0, 0.1) is 0 Å². The van der Waals surface area contributed by atoms with Gasteiger partial charge in [0.1, 0.15) is 6.04 Å². The number of fused-ring (bicyclic) bond motifs is 1. The summed E-state index contributed by atoms with van der Waals surface area (Å²) >= 11 is 0. The summed E-state index contributed by atoms with van der Waals surface area (Å²) in [5.41, 5.74) is 1.37. The van der Waals surface area contributed by atoms with Crippen LogP contribution in [0.3, 0.4) is 0 Å². The number of piperazine rings is 1. The number of benzene rings is 1. The largest absolute Gasteiger partial charge is 0.334 e. The number of nitrogens with zero attached hydrogens (tertiary/aromatic N) is 4. The van der Waals surface area contributed by atoms with Crippen LogP contribution < -0.4 is 4.90 Å². The molecule has 0 bridgehead atoms. The third-order valence-electron chi connectivity index (χ3n) is 5.05.